The van der Waals surface area contributed by atoms with Gasteiger partial charge in [-0.25, -0.2) is 0 Å². The zero-order valence-corrected chi connectivity index (χ0v) is 13.6. The maximum absolute atomic E-state index is 12.4. The van der Waals surface area contributed by atoms with E-state index in [2.05, 4.69) is 50.5 Å². The van der Waals surface area contributed by atoms with Crippen molar-refractivity contribution >= 4 is 24.0 Å². The molecule has 0 aromatic heterocycles. The van der Waals surface area contributed by atoms with Crippen LogP contribution in [0, 0.1) is 26.7 Å². The van der Waals surface area contributed by atoms with Crippen LogP contribution in [-0.2, 0) is 4.79 Å². The van der Waals surface area contributed by atoms with E-state index in [4.69, 9.17) is 0 Å². The molecule has 1 amide bonds. The summed E-state index contributed by atoms with van der Waals surface area (Å²) in [7, 11) is 0. The lowest BCUT2D eigenvalue weighted by Crippen LogP contribution is -2.40. The highest BCUT2D eigenvalue weighted by molar-refractivity contribution is 5.94. The predicted molar refractivity (Wildman–Crippen MR) is 86.7 cm³/mol. The van der Waals surface area contributed by atoms with Crippen LogP contribution in [0.15, 0.2) is 12.1 Å². The molecule has 1 fully saturated rings. The Balaban J connectivity index is 0.00000200. The quantitative estimate of drug-likeness (QED) is 0.878. The van der Waals surface area contributed by atoms with Crippen molar-refractivity contribution in [2.24, 2.45) is 5.92 Å². The molecule has 0 spiro atoms. The number of carbonyl (C=O) groups excluding carboxylic acids is 1. The number of halogens is 1. The van der Waals surface area contributed by atoms with Crippen molar-refractivity contribution in [2.75, 3.05) is 11.9 Å². The molecule has 2 N–H and O–H groups in total. The molecule has 4 heteroatoms. The van der Waals surface area contributed by atoms with Gasteiger partial charge in [0.15, 0.2) is 0 Å². The fourth-order valence-corrected chi connectivity index (χ4v) is 2.97. The van der Waals surface area contributed by atoms with Crippen LogP contribution in [0.25, 0.3) is 0 Å². The van der Waals surface area contributed by atoms with Gasteiger partial charge in [0.05, 0.1) is 0 Å². The molecule has 1 heterocycles. The topological polar surface area (TPSA) is 41.1 Å². The fraction of sp³-hybridized carbons (Fsp3) is 0.562. The van der Waals surface area contributed by atoms with Gasteiger partial charge < -0.3 is 10.6 Å². The third kappa shape index (κ3) is 3.97. The van der Waals surface area contributed by atoms with Crippen LogP contribution in [0.1, 0.15) is 36.5 Å². The molecule has 112 valence electrons. The summed E-state index contributed by atoms with van der Waals surface area (Å²) in [4.78, 5) is 12.4. The van der Waals surface area contributed by atoms with E-state index in [1.807, 2.05) is 0 Å². The number of nitrogens with one attached hydrogen (secondary N) is 2. The van der Waals surface area contributed by atoms with Crippen molar-refractivity contribution in [3.63, 3.8) is 0 Å². The number of piperidine rings is 1. The maximum Gasteiger partial charge on any atom is 0.227 e. The standard InChI is InChI=1S/C16H24N2O.ClH/c1-10-7-11(2)15(12(3)8-10)18-16(19)14-5-6-17-13(4)9-14;/h7-8,13-14,17H,5-6,9H2,1-4H3,(H,18,19);1H/t13-,14-;/m0./s1. The average Bonchev–Trinajstić information content (AvgIpc) is 2.33. The van der Waals surface area contributed by atoms with Gasteiger partial charge in [0.1, 0.15) is 0 Å². The number of aryl methyl sites for hydroxylation is 3. The van der Waals surface area contributed by atoms with E-state index in [0.717, 1.165) is 36.2 Å². The minimum absolute atomic E-state index is 0. The smallest absolute Gasteiger partial charge is 0.227 e. The van der Waals surface area contributed by atoms with Gasteiger partial charge in [-0.05, 0) is 58.2 Å². The molecule has 1 aliphatic rings. The summed E-state index contributed by atoms with van der Waals surface area (Å²) in [5.74, 6) is 0.305. The van der Waals surface area contributed by atoms with Gasteiger partial charge in [-0.2, -0.15) is 0 Å². The number of rotatable bonds is 2. The number of benzene rings is 1. The Hall–Kier alpha value is -1.06. The molecule has 1 aromatic carbocycles. The normalized spacial score (nSPS) is 22.0. The Bertz CT molecular complexity index is 464. The van der Waals surface area contributed by atoms with Gasteiger partial charge in [0, 0.05) is 17.6 Å². The van der Waals surface area contributed by atoms with E-state index in [1.54, 1.807) is 0 Å². The van der Waals surface area contributed by atoms with E-state index in [9.17, 15) is 4.79 Å². The Kier molecular flexibility index (Phi) is 6.03. The summed E-state index contributed by atoms with van der Waals surface area (Å²) >= 11 is 0. The molecule has 20 heavy (non-hydrogen) atoms. The number of anilines is 1. The van der Waals surface area contributed by atoms with E-state index >= 15 is 0 Å². The van der Waals surface area contributed by atoms with Crippen LogP contribution < -0.4 is 10.6 Å². The minimum Gasteiger partial charge on any atom is -0.325 e. The lowest BCUT2D eigenvalue weighted by Gasteiger charge is -2.27. The van der Waals surface area contributed by atoms with E-state index in [-0.39, 0.29) is 24.2 Å². The Morgan fingerprint density at radius 2 is 1.85 bits per heavy atom. The highest BCUT2D eigenvalue weighted by atomic mass is 35.5. The minimum atomic E-state index is 0. The maximum atomic E-state index is 12.4. The lowest BCUT2D eigenvalue weighted by atomic mass is 9.92. The van der Waals surface area contributed by atoms with Crippen LogP contribution in [0.4, 0.5) is 5.69 Å². The van der Waals surface area contributed by atoms with Gasteiger partial charge in [-0.1, -0.05) is 17.7 Å². The number of amides is 1. The molecule has 2 atom stereocenters. The van der Waals surface area contributed by atoms with Crippen molar-refractivity contribution in [2.45, 2.75) is 46.6 Å². The second-order valence-corrected chi connectivity index (χ2v) is 5.84. The first-order chi connectivity index (χ1) is 8.97. The van der Waals surface area contributed by atoms with Crippen molar-refractivity contribution in [3.05, 3.63) is 28.8 Å². The van der Waals surface area contributed by atoms with Crippen molar-refractivity contribution in [1.82, 2.24) is 5.32 Å². The summed E-state index contributed by atoms with van der Waals surface area (Å²) in [5, 5.41) is 6.51. The number of hydrogen-bond donors (Lipinski definition) is 2. The average molecular weight is 297 g/mol. The first-order valence-corrected chi connectivity index (χ1v) is 7.09. The van der Waals surface area contributed by atoms with Crippen LogP contribution >= 0.6 is 12.4 Å². The number of carbonyl (C=O) groups is 1. The third-order valence-corrected chi connectivity index (χ3v) is 3.92. The first kappa shape index (κ1) is 17.0. The molecule has 1 saturated heterocycles. The molecule has 0 saturated carbocycles. The Morgan fingerprint density at radius 1 is 1.25 bits per heavy atom. The van der Waals surface area contributed by atoms with E-state index in [0.29, 0.717) is 6.04 Å². The highest BCUT2D eigenvalue weighted by Gasteiger charge is 2.25. The molecule has 3 nitrogen and oxygen atoms in total. The predicted octanol–water partition coefficient (Wildman–Crippen LogP) is 3.36. The fourth-order valence-electron chi connectivity index (χ4n) is 2.97. The Labute approximate surface area is 127 Å². The zero-order valence-electron chi connectivity index (χ0n) is 12.7. The van der Waals surface area contributed by atoms with Crippen LogP contribution in [0.3, 0.4) is 0 Å². The summed E-state index contributed by atoms with van der Waals surface area (Å²) < 4.78 is 0. The summed E-state index contributed by atoms with van der Waals surface area (Å²) in [6, 6.07) is 4.67. The summed E-state index contributed by atoms with van der Waals surface area (Å²) in [6.45, 7) is 9.27. The molecule has 0 unspecified atom stereocenters. The monoisotopic (exact) mass is 296 g/mol. The van der Waals surface area contributed by atoms with Crippen LogP contribution in [-0.4, -0.2) is 18.5 Å². The van der Waals surface area contributed by atoms with Gasteiger partial charge >= 0.3 is 0 Å². The molecule has 1 aromatic rings. The van der Waals surface area contributed by atoms with E-state index in [1.165, 1.54) is 5.56 Å². The van der Waals surface area contributed by atoms with Crippen molar-refractivity contribution < 1.29 is 4.79 Å². The van der Waals surface area contributed by atoms with Gasteiger partial charge in [0.2, 0.25) is 5.91 Å². The third-order valence-electron chi connectivity index (χ3n) is 3.92. The van der Waals surface area contributed by atoms with Gasteiger partial charge in [-0.15, -0.1) is 12.4 Å². The molecule has 0 radical (unpaired) electrons. The molecular weight excluding hydrogens is 272 g/mol. The molecule has 2 rings (SSSR count). The SMILES string of the molecule is Cc1cc(C)c(NC(=O)[C@H]2CCN[C@@H](C)C2)c(C)c1.Cl. The van der Waals surface area contributed by atoms with Crippen LogP contribution in [0.5, 0.6) is 0 Å². The summed E-state index contributed by atoms with van der Waals surface area (Å²) in [5.41, 5.74) is 4.52. The van der Waals surface area contributed by atoms with Gasteiger partial charge in [0.25, 0.3) is 0 Å². The molecule has 1 aliphatic heterocycles. The lowest BCUT2D eigenvalue weighted by molar-refractivity contribution is -0.120. The second-order valence-electron chi connectivity index (χ2n) is 5.84. The zero-order chi connectivity index (χ0) is 14.0. The van der Waals surface area contributed by atoms with Crippen LogP contribution in [0.2, 0.25) is 0 Å². The largest absolute Gasteiger partial charge is 0.325 e. The van der Waals surface area contributed by atoms with E-state index < -0.39 is 0 Å². The summed E-state index contributed by atoms with van der Waals surface area (Å²) in [6.07, 6.45) is 1.86. The highest BCUT2D eigenvalue weighted by Crippen LogP contribution is 2.24. The molecule has 0 aliphatic carbocycles. The molecular formula is C16H25ClN2O. The van der Waals surface area contributed by atoms with Gasteiger partial charge in [-0.3, -0.25) is 4.79 Å². The Morgan fingerprint density at radius 3 is 2.40 bits per heavy atom. The molecule has 0 bridgehead atoms. The van der Waals surface area contributed by atoms with Crippen molar-refractivity contribution in [1.29, 1.82) is 0 Å². The van der Waals surface area contributed by atoms with Crippen molar-refractivity contribution in [3.8, 4) is 0 Å². The second kappa shape index (κ2) is 7.09. The number of hydrogen-bond acceptors (Lipinski definition) is 2. The first-order valence-electron chi connectivity index (χ1n) is 7.09.